The number of carboxylic acids is 1. The molecule has 1 aromatic heterocycles. The van der Waals surface area contributed by atoms with E-state index < -0.39 is 11.5 Å². The molecule has 4 N–H and O–H groups in total. The van der Waals surface area contributed by atoms with E-state index in [1.54, 1.807) is 6.92 Å². The number of hydrogen-bond acceptors (Lipinski definition) is 6. The van der Waals surface area contributed by atoms with Crippen molar-refractivity contribution in [2.45, 2.75) is 25.3 Å². The Bertz CT molecular complexity index is 508. The van der Waals surface area contributed by atoms with Gasteiger partial charge in [-0.25, -0.2) is 4.79 Å². The molecule has 0 aliphatic carbocycles. The molecule has 0 radical (unpaired) electrons. The first kappa shape index (κ1) is 13.9. The number of nitrogens with one attached hydrogen (secondary N) is 1. The Balaban J connectivity index is 2.17. The van der Waals surface area contributed by atoms with E-state index in [0.717, 1.165) is 11.5 Å². The van der Waals surface area contributed by atoms with E-state index >= 15 is 0 Å². The van der Waals surface area contributed by atoms with Crippen LogP contribution in [0, 0.1) is 6.92 Å². The number of anilines is 1. The number of ether oxygens (including phenoxy) is 1. The van der Waals surface area contributed by atoms with Gasteiger partial charge in [0.15, 0.2) is 0 Å². The third-order valence-electron chi connectivity index (χ3n) is 3.14. The second kappa shape index (κ2) is 5.24. The average molecular weight is 285 g/mol. The van der Waals surface area contributed by atoms with Crippen LogP contribution >= 0.6 is 11.5 Å². The monoisotopic (exact) mass is 285 g/mol. The summed E-state index contributed by atoms with van der Waals surface area (Å²) in [7, 11) is 0. The fourth-order valence-corrected chi connectivity index (χ4v) is 2.68. The van der Waals surface area contributed by atoms with Crippen LogP contribution in [0.2, 0.25) is 0 Å². The number of aryl methyl sites for hydroxylation is 1. The minimum atomic E-state index is -1.11. The summed E-state index contributed by atoms with van der Waals surface area (Å²) in [5.74, 6) is -1.50. The number of amides is 1. The van der Waals surface area contributed by atoms with E-state index in [1.807, 2.05) is 0 Å². The van der Waals surface area contributed by atoms with Crippen LogP contribution in [0.25, 0.3) is 0 Å². The number of nitrogens with two attached hydrogens (primary N) is 1. The molecule has 0 atom stereocenters. The van der Waals surface area contributed by atoms with E-state index in [2.05, 4.69) is 9.69 Å². The number of carbonyl (C=O) groups excluding carboxylic acids is 1. The van der Waals surface area contributed by atoms with Crippen molar-refractivity contribution in [2.75, 3.05) is 18.5 Å². The normalized spacial score (nSPS) is 18.0. The van der Waals surface area contributed by atoms with Crippen LogP contribution in [0.3, 0.4) is 0 Å². The maximum Gasteiger partial charge on any atom is 0.340 e. The zero-order chi connectivity index (χ0) is 14.0. The lowest BCUT2D eigenvalue weighted by Gasteiger charge is -2.31. The number of nitrogens with zero attached hydrogens (tertiary/aromatic N) is 1. The number of rotatable bonds is 3. The SMILES string of the molecule is Cc1nsc(NC(=O)C2(N)CCOCC2)c1C(=O)O. The summed E-state index contributed by atoms with van der Waals surface area (Å²) in [5.41, 5.74) is 5.42. The highest BCUT2D eigenvalue weighted by Crippen LogP contribution is 2.27. The van der Waals surface area contributed by atoms with Crippen molar-refractivity contribution in [2.24, 2.45) is 5.73 Å². The Labute approximate surface area is 113 Å². The van der Waals surface area contributed by atoms with Gasteiger partial charge in [0.2, 0.25) is 5.91 Å². The molecular weight excluding hydrogens is 270 g/mol. The van der Waals surface area contributed by atoms with Crippen LogP contribution in [-0.4, -0.2) is 40.1 Å². The van der Waals surface area contributed by atoms with Gasteiger partial charge in [0.25, 0.3) is 0 Å². The van der Waals surface area contributed by atoms with E-state index in [-0.39, 0.29) is 16.5 Å². The van der Waals surface area contributed by atoms with Crippen molar-refractivity contribution < 1.29 is 19.4 Å². The van der Waals surface area contributed by atoms with Crippen LogP contribution in [0.4, 0.5) is 5.00 Å². The van der Waals surface area contributed by atoms with Crippen LogP contribution < -0.4 is 11.1 Å². The summed E-state index contributed by atoms with van der Waals surface area (Å²) in [4.78, 5) is 23.3. The third kappa shape index (κ3) is 2.75. The fraction of sp³-hybridized carbons (Fsp3) is 0.545. The highest BCUT2D eigenvalue weighted by molar-refractivity contribution is 7.11. The van der Waals surface area contributed by atoms with Gasteiger partial charge in [0.05, 0.1) is 5.69 Å². The lowest BCUT2D eigenvalue weighted by molar-refractivity contribution is -0.124. The first-order valence-corrected chi connectivity index (χ1v) is 6.59. The molecule has 1 aromatic rings. The zero-order valence-electron chi connectivity index (χ0n) is 10.4. The highest BCUT2D eigenvalue weighted by Gasteiger charge is 2.37. The van der Waals surface area contributed by atoms with Gasteiger partial charge in [0, 0.05) is 13.2 Å². The summed E-state index contributed by atoms with van der Waals surface area (Å²) >= 11 is 0.946. The Morgan fingerprint density at radius 3 is 2.68 bits per heavy atom. The van der Waals surface area contributed by atoms with Gasteiger partial charge in [-0.3, -0.25) is 4.79 Å². The van der Waals surface area contributed by atoms with Crippen LogP contribution in [0.15, 0.2) is 0 Å². The minimum absolute atomic E-state index is 0.0222. The molecule has 1 fully saturated rings. The first-order chi connectivity index (χ1) is 8.94. The van der Waals surface area contributed by atoms with Gasteiger partial charge in [-0.05, 0) is 31.3 Å². The average Bonchev–Trinajstić information content (AvgIpc) is 2.71. The second-order valence-corrected chi connectivity index (χ2v) is 5.27. The van der Waals surface area contributed by atoms with Crippen LogP contribution in [-0.2, 0) is 9.53 Å². The molecule has 2 heterocycles. The molecule has 1 aliphatic rings. The quantitative estimate of drug-likeness (QED) is 0.749. The number of aromatic nitrogens is 1. The standard InChI is InChI=1S/C11H15N3O4S/c1-6-7(9(15)16)8(19-14-6)13-10(17)11(12)2-4-18-5-3-11/h2-5,12H2,1H3,(H,13,17)(H,15,16). The molecule has 0 unspecified atom stereocenters. The molecule has 0 saturated carbocycles. The maximum atomic E-state index is 12.2. The van der Waals surface area contributed by atoms with Gasteiger partial charge in [0.1, 0.15) is 16.1 Å². The van der Waals surface area contributed by atoms with Gasteiger partial charge < -0.3 is 20.9 Å². The summed E-state index contributed by atoms with van der Waals surface area (Å²) in [6, 6.07) is 0. The van der Waals surface area contributed by atoms with E-state index in [0.29, 0.717) is 31.7 Å². The summed E-state index contributed by atoms with van der Waals surface area (Å²) in [6.45, 7) is 2.44. The summed E-state index contributed by atoms with van der Waals surface area (Å²) < 4.78 is 9.11. The molecule has 104 valence electrons. The smallest absolute Gasteiger partial charge is 0.340 e. The summed E-state index contributed by atoms with van der Waals surface area (Å²) in [6.07, 6.45) is 0.831. The molecule has 1 aliphatic heterocycles. The number of hydrogen-bond donors (Lipinski definition) is 3. The minimum Gasteiger partial charge on any atom is -0.478 e. The molecule has 19 heavy (non-hydrogen) atoms. The van der Waals surface area contributed by atoms with Gasteiger partial charge in [-0.15, -0.1) is 0 Å². The molecule has 0 spiro atoms. The first-order valence-electron chi connectivity index (χ1n) is 5.82. The number of carbonyl (C=O) groups is 2. The summed E-state index contributed by atoms with van der Waals surface area (Å²) in [5, 5.41) is 11.9. The van der Waals surface area contributed by atoms with Crippen molar-refractivity contribution in [3.8, 4) is 0 Å². The lowest BCUT2D eigenvalue weighted by atomic mass is 9.90. The van der Waals surface area contributed by atoms with Gasteiger partial charge in [-0.1, -0.05) is 0 Å². The van der Waals surface area contributed by atoms with Gasteiger partial charge in [-0.2, -0.15) is 4.37 Å². The Morgan fingerprint density at radius 2 is 2.11 bits per heavy atom. The predicted octanol–water partition coefficient (Wildman–Crippen LogP) is 0.596. The largest absolute Gasteiger partial charge is 0.478 e. The van der Waals surface area contributed by atoms with E-state index in [9.17, 15) is 9.59 Å². The lowest BCUT2D eigenvalue weighted by Crippen LogP contribution is -2.54. The van der Waals surface area contributed by atoms with Gasteiger partial charge >= 0.3 is 5.97 Å². The second-order valence-electron chi connectivity index (χ2n) is 4.50. The van der Waals surface area contributed by atoms with Crippen molar-refractivity contribution in [1.82, 2.24) is 4.37 Å². The molecule has 0 aromatic carbocycles. The molecule has 2 rings (SSSR count). The van der Waals surface area contributed by atoms with E-state index in [4.69, 9.17) is 15.6 Å². The molecule has 8 heteroatoms. The molecule has 0 bridgehead atoms. The Morgan fingerprint density at radius 1 is 1.47 bits per heavy atom. The fourth-order valence-electron chi connectivity index (χ4n) is 1.90. The highest BCUT2D eigenvalue weighted by atomic mass is 32.1. The van der Waals surface area contributed by atoms with Crippen molar-refractivity contribution in [3.63, 3.8) is 0 Å². The van der Waals surface area contributed by atoms with Crippen molar-refractivity contribution in [3.05, 3.63) is 11.3 Å². The topological polar surface area (TPSA) is 115 Å². The zero-order valence-corrected chi connectivity index (χ0v) is 11.2. The third-order valence-corrected chi connectivity index (χ3v) is 3.99. The Kier molecular flexibility index (Phi) is 3.83. The number of carboxylic acid groups (broad SMARTS) is 1. The van der Waals surface area contributed by atoms with Crippen LogP contribution in [0.1, 0.15) is 28.9 Å². The Hall–Kier alpha value is -1.51. The number of aromatic carboxylic acids is 1. The molecule has 1 amide bonds. The molecule has 7 nitrogen and oxygen atoms in total. The molecule has 1 saturated heterocycles. The van der Waals surface area contributed by atoms with Crippen molar-refractivity contribution in [1.29, 1.82) is 0 Å². The molecular formula is C11H15N3O4S. The maximum absolute atomic E-state index is 12.2. The van der Waals surface area contributed by atoms with E-state index in [1.165, 1.54) is 0 Å². The van der Waals surface area contributed by atoms with Crippen LogP contribution in [0.5, 0.6) is 0 Å². The van der Waals surface area contributed by atoms with Crippen molar-refractivity contribution >= 4 is 28.4 Å². The predicted molar refractivity (Wildman–Crippen MR) is 69.4 cm³/mol.